The Balaban J connectivity index is 1.55. The molecule has 0 aromatic rings. The van der Waals surface area contributed by atoms with Gasteiger partial charge in [0.25, 0.3) is 0 Å². The summed E-state index contributed by atoms with van der Waals surface area (Å²) in [7, 11) is 0. The summed E-state index contributed by atoms with van der Waals surface area (Å²) in [6, 6.07) is 1.02. The molecular weight excluding hydrogens is 252 g/mol. The Bertz CT molecular complexity index is 322. The van der Waals surface area contributed by atoms with Crippen molar-refractivity contribution in [2.75, 3.05) is 19.8 Å². The smallest absolute Gasteiger partial charge is 0.317 e. The highest BCUT2D eigenvalue weighted by atomic mass is 16.5. The minimum absolute atomic E-state index is 0.185. The molecule has 1 saturated carbocycles. The molecule has 0 aromatic heterocycles. The first-order valence-corrected chi connectivity index (χ1v) is 8.49. The highest BCUT2D eigenvalue weighted by molar-refractivity contribution is 5.75. The van der Waals surface area contributed by atoms with E-state index in [1.165, 1.54) is 44.9 Å². The van der Waals surface area contributed by atoms with Gasteiger partial charge in [-0.2, -0.15) is 0 Å². The Morgan fingerprint density at radius 3 is 2.45 bits per heavy atom. The van der Waals surface area contributed by atoms with Gasteiger partial charge in [-0.1, -0.05) is 19.3 Å². The topological polar surface area (TPSA) is 41.6 Å². The molecule has 1 atom stereocenters. The average molecular weight is 280 g/mol. The first kappa shape index (κ1) is 14.2. The van der Waals surface area contributed by atoms with Gasteiger partial charge in [-0.3, -0.25) is 0 Å². The highest BCUT2D eigenvalue weighted by Gasteiger charge is 2.35. The van der Waals surface area contributed by atoms with Crippen molar-refractivity contribution in [3.63, 3.8) is 0 Å². The predicted molar refractivity (Wildman–Crippen MR) is 78.7 cm³/mol. The van der Waals surface area contributed by atoms with Crippen LogP contribution in [0.15, 0.2) is 0 Å². The maximum atomic E-state index is 12.5. The minimum atomic E-state index is 0.185. The van der Waals surface area contributed by atoms with Crippen LogP contribution >= 0.6 is 0 Å². The number of rotatable bonds is 2. The third kappa shape index (κ3) is 3.27. The van der Waals surface area contributed by atoms with Crippen LogP contribution in [0.2, 0.25) is 0 Å². The average Bonchev–Trinajstić information content (AvgIpc) is 2.99. The second-order valence-corrected chi connectivity index (χ2v) is 6.64. The van der Waals surface area contributed by atoms with E-state index < -0.39 is 0 Å². The molecule has 0 radical (unpaired) electrons. The zero-order valence-corrected chi connectivity index (χ0v) is 12.5. The van der Waals surface area contributed by atoms with Gasteiger partial charge in [0.1, 0.15) is 0 Å². The lowest BCUT2D eigenvalue weighted by Gasteiger charge is -2.35. The highest BCUT2D eigenvalue weighted by Crippen LogP contribution is 2.34. The predicted octanol–water partition coefficient (Wildman–Crippen LogP) is 2.92. The van der Waals surface area contributed by atoms with Crippen LogP contribution in [0.3, 0.4) is 0 Å². The number of nitrogens with one attached hydrogen (secondary N) is 1. The van der Waals surface area contributed by atoms with E-state index in [4.69, 9.17) is 4.74 Å². The van der Waals surface area contributed by atoms with Crippen molar-refractivity contribution in [2.24, 2.45) is 5.92 Å². The maximum Gasteiger partial charge on any atom is 0.317 e. The van der Waals surface area contributed by atoms with Gasteiger partial charge in [0.05, 0.1) is 0 Å². The fraction of sp³-hybridized carbons (Fsp3) is 0.938. The molecule has 2 aliphatic heterocycles. The molecule has 0 aromatic carbocycles. The Hall–Kier alpha value is -0.770. The molecule has 3 fully saturated rings. The lowest BCUT2D eigenvalue weighted by atomic mass is 9.83. The number of nitrogens with zero attached hydrogens (tertiary/aromatic N) is 1. The molecule has 3 rings (SSSR count). The Kier molecular flexibility index (Phi) is 4.81. The second kappa shape index (κ2) is 6.79. The van der Waals surface area contributed by atoms with Crippen LogP contribution in [0.25, 0.3) is 0 Å². The summed E-state index contributed by atoms with van der Waals surface area (Å²) in [5.74, 6) is 0.756. The number of carbonyl (C=O) groups is 1. The van der Waals surface area contributed by atoms with E-state index in [2.05, 4.69) is 10.2 Å². The molecule has 114 valence electrons. The van der Waals surface area contributed by atoms with E-state index in [9.17, 15) is 4.79 Å². The minimum Gasteiger partial charge on any atom is -0.381 e. The number of carbonyl (C=O) groups excluding carboxylic acids is 1. The second-order valence-electron chi connectivity index (χ2n) is 6.64. The van der Waals surface area contributed by atoms with Gasteiger partial charge in [0, 0.05) is 31.8 Å². The van der Waals surface area contributed by atoms with Crippen molar-refractivity contribution in [2.45, 2.75) is 69.9 Å². The summed E-state index contributed by atoms with van der Waals surface area (Å²) in [5.41, 5.74) is 0. The third-order valence-corrected chi connectivity index (χ3v) is 5.30. The van der Waals surface area contributed by atoms with Gasteiger partial charge in [-0.25, -0.2) is 4.79 Å². The van der Waals surface area contributed by atoms with E-state index in [0.29, 0.717) is 12.1 Å². The first-order chi connectivity index (χ1) is 9.84. The van der Waals surface area contributed by atoms with Gasteiger partial charge in [0.15, 0.2) is 0 Å². The SMILES string of the molecule is O=C(NC1CCOCC1)N1CCCC1C1CCCCC1. The van der Waals surface area contributed by atoms with Crippen LogP contribution < -0.4 is 5.32 Å². The number of likely N-dealkylation sites (tertiary alicyclic amines) is 1. The van der Waals surface area contributed by atoms with E-state index >= 15 is 0 Å². The summed E-state index contributed by atoms with van der Waals surface area (Å²) in [4.78, 5) is 14.7. The van der Waals surface area contributed by atoms with Crippen molar-refractivity contribution < 1.29 is 9.53 Å². The molecule has 2 saturated heterocycles. The van der Waals surface area contributed by atoms with Crippen LogP contribution in [0, 0.1) is 5.92 Å². The molecule has 20 heavy (non-hydrogen) atoms. The Morgan fingerprint density at radius 2 is 1.70 bits per heavy atom. The molecule has 2 heterocycles. The maximum absolute atomic E-state index is 12.5. The molecule has 1 N–H and O–H groups in total. The molecule has 0 bridgehead atoms. The summed E-state index contributed by atoms with van der Waals surface area (Å²) in [5, 5.41) is 3.24. The van der Waals surface area contributed by atoms with E-state index in [0.717, 1.165) is 38.5 Å². The van der Waals surface area contributed by atoms with Crippen LogP contribution in [0.1, 0.15) is 57.8 Å². The van der Waals surface area contributed by atoms with Gasteiger partial charge in [-0.05, 0) is 44.4 Å². The number of ether oxygens (including phenoxy) is 1. The normalized spacial score (nSPS) is 29.6. The monoisotopic (exact) mass is 280 g/mol. The van der Waals surface area contributed by atoms with E-state index in [1.54, 1.807) is 0 Å². The Morgan fingerprint density at radius 1 is 0.950 bits per heavy atom. The lowest BCUT2D eigenvalue weighted by molar-refractivity contribution is 0.0766. The number of hydrogen-bond acceptors (Lipinski definition) is 2. The zero-order valence-electron chi connectivity index (χ0n) is 12.5. The van der Waals surface area contributed by atoms with Gasteiger partial charge in [-0.15, -0.1) is 0 Å². The van der Waals surface area contributed by atoms with E-state index in [-0.39, 0.29) is 6.03 Å². The lowest BCUT2D eigenvalue weighted by Crippen LogP contribution is -2.50. The van der Waals surface area contributed by atoms with Gasteiger partial charge in [0.2, 0.25) is 0 Å². The quantitative estimate of drug-likeness (QED) is 0.845. The zero-order chi connectivity index (χ0) is 13.8. The van der Waals surface area contributed by atoms with E-state index in [1.807, 2.05) is 0 Å². The standard InChI is InChI=1S/C16H28N2O2/c19-16(17-14-8-11-20-12-9-14)18-10-4-7-15(18)13-5-2-1-3-6-13/h13-15H,1-12H2,(H,17,19). The van der Waals surface area contributed by atoms with Crippen molar-refractivity contribution >= 4 is 6.03 Å². The molecule has 0 spiro atoms. The summed E-state index contributed by atoms with van der Waals surface area (Å²) < 4.78 is 5.36. The van der Waals surface area contributed by atoms with Crippen LogP contribution in [0.5, 0.6) is 0 Å². The van der Waals surface area contributed by atoms with Crippen LogP contribution in [-0.4, -0.2) is 42.8 Å². The van der Waals surface area contributed by atoms with Gasteiger partial charge >= 0.3 is 6.03 Å². The summed E-state index contributed by atoms with van der Waals surface area (Å²) in [6.45, 7) is 2.53. The fourth-order valence-corrected chi connectivity index (χ4v) is 4.15. The van der Waals surface area contributed by atoms with Crippen molar-refractivity contribution in [3.05, 3.63) is 0 Å². The fourth-order valence-electron chi connectivity index (χ4n) is 4.15. The van der Waals surface area contributed by atoms with Crippen LogP contribution in [-0.2, 0) is 4.74 Å². The number of amides is 2. The molecule has 4 nitrogen and oxygen atoms in total. The number of urea groups is 1. The van der Waals surface area contributed by atoms with Crippen molar-refractivity contribution in [3.8, 4) is 0 Å². The molecule has 2 amide bonds. The number of hydrogen-bond donors (Lipinski definition) is 1. The molecule has 1 unspecified atom stereocenters. The molecule has 4 heteroatoms. The molecular formula is C16H28N2O2. The first-order valence-electron chi connectivity index (χ1n) is 8.49. The molecule has 1 aliphatic carbocycles. The third-order valence-electron chi connectivity index (χ3n) is 5.30. The van der Waals surface area contributed by atoms with Crippen LogP contribution in [0.4, 0.5) is 4.79 Å². The Labute approximate surface area is 122 Å². The molecule has 3 aliphatic rings. The summed E-state index contributed by atoms with van der Waals surface area (Å²) in [6.07, 6.45) is 11.1. The van der Waals surface area contributed by atoms with Crippen molar-refractivity contribution in [1.29, 1.82) is 0 Å². The van der Waals surface area contributed by atoms with Crippen molar-refractivity contribution in [1.82, 2.24) is 10.2 Å². The van der Waals surface area contributed by atoms with Gasteiger partial charge < -0.3 is 15.0 Å². The summed E-state index contributed by atoms with van der Waals surface area (Å²) >= 11 is 0. The largest absolute Gasteiger partial charge is 0.381 e.